The van der Waals surface area contributed by atoms with Crippen LogP contribution in [0.2, 0.25) is 0 Å². The molecule has 0 spiro atoms. The zero-order valence-corrected chi connectivity index (χ0v) is 23.5. The Hall–Kier alpha value is -0.780. The summed E-state index contributed by atoms with van der Waals surface area (Å²) in [5.41, 5.74) is 2.86. The molecule has 0 unspecified atom stereocenters. The Kier molecular flexibility index (Phi) is 15.5. The fraction of sp³-hybridized carbons (Fsp3) is 0.806. The van der Waals surface area contributed by atoms with E-state index in [4.69, 9.17) is 0 Å². The fourth-order valence-corrected chi connectivity index (χ4v) is 4.69. The van der Waals surface area contributed by atoms with E-state index >= 15 is 0 Å². The highest BCUT2D eigenvalue weighted by Gasteiger charge is 2.24. The molecule has 1 aromatic carbocycles. The van der Waals surface area contributed by atoms with Crippen LogP contribution in [0.1, 0.15) is 138 Å². The number of rotatable bonds is 6. The lowest BCUT2D eigenvalue weighted by molar-refractivity contribution is 0.189. The minimum Gasteiger partial charge on any atom is -0.0628 e. The van der Waals surface area contributed by atoms with Crippen LogP contribution in [0.4, 0.5) is 0 Å². The first-order valence-corrected chi connectivity index (χ1v) is 13.4. The second-order valence-corrected chi connectivity index (χ2v) is 12.2. The van der Waals surface area contributed by atoms with Gasteiger partial charge in [-0.15, -0.1) is 0 Å². The largest absolute Gasteiger partial charge is 0.0628 e. The van der Waals surface area contributed by atoms with E-state index in [1.54, 1.807) is 0 Å². The molecule has 0 radical (unpaired) electrons. The molecule has 1 aliphatic carbocycles. The molecule has 1 aliphatic rings. The maximum atomic E-state index is 2.38. The van der Waals surface area contributed by atoms with Gasteiger partial charge in [-0.1, -0.05) is 107 Å². The second kappa shape index (κ2) is 15.9. The molecule has 1 aromatic rings. The molecule has 0 saturated heterocycles. The topological polar surface area (TPSA) is 0 Å². The first-order chi connectivity index (χ1) is 14.3. The number of benzene rings is 1. The van der Waals surface area contributed by atoms with Crippen LogP contribution in [-0.4, -0.2) is 0 Å². The molecule has 0 nitrogen and oxygen atoms in total. The molecule has 2 rings (SSSR count). The van der Waals surface area contributed by atoms with Crippen molar-refractivity contribution in [1.82, 2.24) is 0 Å². The summed E-state index contributed by atoms with van der Waals surface area (Å²) in [7, 11) is 0. The second-order valence-electron chi connectivity index (χ2n) is 12.2. The number of hydrogen-bond acceptors (Lipinski definition) is 0. The highest BCUT2D eigenvalue weighted by Crippen LogP contribution is 2.36. The highest BCUT2D eigenvalue weighted by atomic mass is 14.3. The molecule has 0 amide bonds. The van der Waals surface area contributed by atoms with Gasteiger partial charge < -0.3 is 0 Å². The zero-order chi connectivity index (χ0) is 24.1. The normalized spacial score (nSPS) is 19.0. The van der Waals surface area contributed by atoms with E-state index in [0.717, 1.165) is 35.5 Å². The summed E-state index contributed by atoms with van der Waals surface area (Å²) >= 11 is 0. The Balaban J connectivity index is 0.000000454. The fourth-order valence-electron chi connectivity index (χ4n) is 4.69. The third-order valence-electron chi connectivity index (χ3n) is 6.91. The lowest BCUT2D eigenvalue weighted by Crippen LogP contribution is -2.21. The molecule has 31 heavy (non-hydrogen) atoms. The smallest absolute Gasteiger partial charge is 0.0219 e. The SMILES string of the molecule is CC(C)C1CCC(C(C)C)CC1.CC(C)CC(C)C.CC(C)c1ccc(C(C)C)cc1. The van der Waals surface area contributed by atoms with E-state index in [-0.39, 0.29) is 0 Å². The van der Waals surface area contributed by atoms with Crippen LogP contribution in [-0.2, 0) is 0 Å². The summed E-state index contributed by atoms with van der Waals surface area (Å²) in [6, 6.07) is 8.94. The summed E-state index contributed by atoms with van der Waals surface area (Å²) in [5, 5.41) is 0. The minimum absolute atomic E-state index is 0.645. The highest BCUT2D eigenvalue weighted by molar-refractivity contribution is 5.26. The number of hydrogen-bond donors (Lipinski definition) is 0. The van der Waals surface area contributed by atoms with Crippen LogP contribution in [0.25, 0.3) is 0 Å². The van der Waals surface area contributed by atoms with E-state index in [0.29, 0.717) is 11.8 Å². The van der Waals surface area contributed by atoms with Crippen molar-refractivity contribution in [2.45, 2.75) is 127 Å². The molecule has 0 N–H and O–H groups in total. The van der Waals surface area contributed by atoms with Crippen LogP contribution in [0.15, 0.2) is 24.3 Å². The third-order valence-corrected chi connectivity index (χ3v) is 6.91. The summed E-state index contributed by atoms with van der Waals surface area (Å²) in [4.78, 5) is 0. The van der Waals surface area contributed by atoms with Gasteiger partial charge in [-0.2, -0.15) is 0 Å². The average Bonchev–Trinajstić information content (AvgIpc) is 2.68. The maximum absolute atomic E-state index is 2.38. The Morgan fingerprint density at radius 3 is 0.903 bits per heavy atom. The van der Waals surface area contributed by atoms with Gasteiger partial charge in [0.2, 0.25) is 0 Å². The van der Waals surface area contributed by atoms with Crippen molar-refractivity contribution >= 4 is 0 Å². The van der Waals surface area contributed by atoms with Gasteiger partial charge in [0, 0.05) is 0 Å². The molecular formula is C31H58. The van der Waals surface area contributed by atoms with Crippen molar-refractivity contribution in [3.8, 4) is 0 Å². The van der Waals surface area contributed by atoms with Gasteiger partial charge in [-0.25, -0.2) is 0 Å². The third kappa shape index (κ3) is 14.1. The first kappa shape index (κ1) is 30.2. The van der Waals surface area contributed by atoms with Crippen LogP contribution in [0, 0.1) is 35.5 Å². The summed E-state index contributed by atoms with van der Waals surface area (Å²) in [6.45, 7) is 27.5. The summed E-state index contributed by atoms with van der Waals surface area (Å²) in [5.74, 6) is 6.92. The predicted octanol–water partition coefficient (Wildman–Crippen LogP) is 10.7. The van der Waals surface area contributed by atoms with E-state index in [2.05, 4.69) is 107 Å². The van der Waals surface area contributed by atoms with E-state index in [1.807, 2.05) is 0 Å². The Bertz CT molecular complexity index is 473. The van der Waals surface area contributed by atoms with Gasteiger partial charge in [0.25, 0.3) is 0 Å². The van der Waals surface area contributed by atoms with Crippen LogP contribution < -0.4 is 0 Å². The molecule has 1 fully saturated rings. The van der Waals surface area contributed by atoms with Gasteiger partial charge in [-0.05, 0) is 90.6 Å². The van der Waals surface area contributed by atoms with Crippen molar-refractivity contribution in [2.75, 3.05) is 0 Å². The summed E-state index contributed by atoms with van der Waals surface area (Å²) < 4.78 is 0. The van der Waals surface area contributed by atoms with E-state index < -0.39 is 0 Å². The van der Waals surface area contributed by atoms with Crippen molar-refractivity contribution < 1.29 is 0 Å². The van der Waals surface area contributed by atoms with Crippen LogP contribution in [0.5, 0.6) is 0 Å². The molecule has 0 heteroatoms. The Labute approximate surface area is 198 Å². The maximum Gasteiger partial charge on any atom is -0.0219 e. The molecule has 182 valence electrons. The average molecular weight is 431 g/mol. The molecular weight excluding hydrogens is 372 g/mol. The lowest BCUT2D eigenvalue weighted by Gasteiger charge is -2.32. The van der Waals surface area contributed by atoms with Crippen molar-refractivity contribution in [3.63, 3.8) is 0 Å². The van der Waals surface area contributed by atoms with Crippen molar-refractivity contribution in [3.05, 3.63) is 35.4 Å². The Morgan fingerprint density at radius 2 is 0.774 bits per heavy atom. The predicted molar refractivity (Wildman–Crippen MR) is 144 cm³/mol. The van der Waals surface area contributed by atoms with Gasteiger partial charge in [0.15, 0.2) is 0 Å². The molecule has 0 heterocycles. The van der Waals surface area contributed by atoms with Crippen LogP contribution in [0.3, 0.4) is 0 Å². The minimum atomic E-state index is 0.645. The first-order valence-electron chi connectivity index (χ1n) is 13.4. The van der Waals surface area contributed by atoms with Gasteiger partial charge in [0.05, 0.1) is 0 Å². The zero-order valence-electron chi connectivity index (χ0n) is 23.5. The van der Waals surface area contributed by atoms with Crippen molar-refractivity contribution in [2.24, 2.45) is 35.5 Å². The summed E-state index contributed by atoms with van der Waals surface area (Å²) in [6.07, 6.45) is 7.31. The quantitative estimate of drug-likeness (QED) is 0.421. The standard InChI is InChI=1S/C12H24.C12H18.C7H16/c2*1-9(2)11-5-7-12(8-6-11)10(3)4;1-6(2)5-7(3)4/h9-12H,5-8H2,1-4H3;5-10H,1-4H3;6-7H,5H2,1-4H3. The van der Waals surface area contributed by atoms with Crippen molar-refractivity contribution in [1.29, 1.82) is 0 Å². The van der Waals surface area contributed by atoms with Gasteiger partial charge in [-0.3, -0.25) is 0 Å². The monoisotopic (exact) mass is 430 g/mol. The molecule has 0 atom stereocenters. The van der Waals surface area contributed by atoms with E-state index in [9.17, 15) is 0 Å². The molecule has 0 aliphatic heterocycles. The lowest BCUT2D eigenvalue weighted by atomic mass is 9.73. The molecule has 0 aromatic heterocycles. The van der Waals surface area contributed by atoms with Gasteiger partial charge >= 0.3 is 0 Å². The Morgan fingerprint density at radius 1 is 0.516 bits per heavy atom. The molecule has 0 bridgehead atoms. The molecule has 1 saturated carbocycles. The van der Waals surface area contributed by atoms with Crippen LogP contribution >= 0.6 is 0 Å². The van der Waals surface area contributed by atoms with Gasteiger partial charge in [0.1, 0.15) is 0 Å². The van der Waals surface area contributed by atoms with E-state index in [1.165, 1.54) is 43.2 Å².